The minimum Gasteiger partial charge on any atom is -0.465 e. The molecule has 0 aromatic carbocycles. The van der Waals surface area contributed by atoms with Gasteiger partial charge in [-0.15, -0.1) is 0 Å². The SMILES string of the molecule is COC(=O)c1c(C)[nH]c(C(=O)C(C)OC(=O)C2CCCN2C(=O)OC(C)(C)C)c1C. The fourth-order valence-corrected chi connectivity index (χ4v) is 3.47. The molecule has 1 amide bonds. The zero-order valence-electron chi connectivity index (χ0n) is 18.6. The van der Waals surface area contributed by atoms with Gasteiger partial charge in [-0.1, -0.05) is 0 Å². The van der Waals surface area contributed by atoms with Gasteiger partial charge in [-0.2, -0.15) is 0 Å². The van der Waals surface area contributed by atoms with Gasteiger partial charge in [0.1, 0.15) is 11.6 Å². The quantitative estimate of drug-likeness (QED) is 0.441. The predicted octanol–water partition coefficient (Wildman–Crippen LogP) is 2.93. The fraction of sp³-hybridized carbons (Fsp3) is 0.619. The predicted molar refractivity (Wildman–Crippen MR) is 107 cm³/mol. The highest BCUT2D eigenvalue weighted by Crippen LogP contribution is 2.24. The summed E-state index contributed by atoms with van der Waals surface area (Å²) in [6.07, 6.45) is -0.606. The van der Waals surface area contributed by atoms with Crippen molar-refractivity contribution in [2.24, 2.45) is 0 Å². The molecule has 1 aromatic heterocycles. The first-order valence-corrected chi connectivity index (χ1v) is 9.89. The number of hydrogen-bond donors (Lipinski definition) is 1. The molecule has 0 bridgehead atoms. The number of likely N-dealkylation sites (tertiary alicyclic amines) is 1. The Hall–Kier alpha value is -2.84. The van der Waals surface area contributed by atoms with Crippen molar-refractivity contribution in [1.29, 1.82) is 0 Å². The minimum absolute atomic E-state index is 0.184. The van der Waals surface area contributed by atoms with E-state index in [0.29, 0.717) is 30.6 Å². The lowest BCUT2D eigenvalue weighted by Gasteiger charge is -2.28. The van der Waals surface area contributed by atoms with Gasteiger partial charge in [-0.25, -0.2) is 14.4 Å². The molecule has 2 heterocycles. The Labute approximate surface area is 176 Å². The second-order valence-electron chi connectivity index (χ2n) is 8.39. The maximum absolute atomic E-state index is 12.8. The van der Waals surface area contributed by atoms with E-state index < -0.39 is 41.6 Å². The first-order chi connectivity index (χ1) is 13.9. The lowest BCUT2D eigenvalue weighted by atomic mass is 10.1. The Balaban J connectivity index is 2.11. The van der Waals surface area contributed by atoms with Gasteiger partial charge in [0, 0.05) is 12.2 Å². The van der Waals surface area contributed by atoms with E-state index in [1.165, 1.54) is 18.9 Å². The summed E-state index contributed by atoms with van der Waals surface area (Å²) in [6.45, 7) is 10.4. The summed E-state index contributed by atoms with van der Waals surface area (Å²) in [5.41, 5.74) is 0.712. The number of aryl methyl sites for hydroxylation is 1. The lowest BCUT2D eigenvalue weighted by molar-refractivity contribution is -0.151. The number of ketones is 1. The molecule has 0 radical (unpaired) electrons. The van der Waals surface area contributed by atoms with Crippen LogP contribution < -0.4 is 0 Å². The first-order valence-electron chi connectivity index (χ1n) is 9.89. The molecular weight excluding hydrogens is 392 g/mol. The Bertz CT molecular complexity index is 850. The van der Waals surface area contributed by atoms with Crippen LogP contribution in [0.2, 0.25) is 0 Å². The molecule has 2 rings (SSSR count). The first kappa shape index (κ1) is 23.4. The van der Waals surface area contributed by atoms with Crippen molar-refractivity contribution in [3.63, 3.8) is 0 Å². The van der Waals surface area contributed by atoms with Crippen molar-refractivity contribution in [3.8, 4) is 0 Å². The summed E-state index contributed by atoms with van der Waals surface area (Å²) >= 11 is 0. The summed E-state index contributed by atoms with van der Waals surface area (Å²) in [5.74, 6) is -1.68. The standard InChI is InChI=1S/C21H30N2O7/c1-11-15(19(26)28-7)12(2)22-16(11)17(24)13(3)29-18(25)14-9-8-10-23(14)20(27)30-21(4,5)6/h13-14,22H,8-10H2,1-7H3. The number of aromatic nitrogens is 1. The van der Waals surface area contributed by atoms with Gasteiger partial charge in [-0.3, -0.25) is 9.69 Å². The molecule has 1 N–H and O–H groups in total. The van der Waals surface area contributed by atoms with Gasteiger partial charge in [0.2, 0.25) is 5.78 Å². The molecule has 0 saturated carbocycles. The van der Waals surface area contributed by atoms with Gasteiger partial charge in [0.15, 0.2) is 6.10 Å². The number of esters is 2. The third kappa shape index (κ3) is 5.01. The molecule has 2 atom stereocenters. The van der Waals surface area contributed by atoms with Crippen LogP contribution in [0.1, 0.15) is 72.6 Å². The molecular formula is C21H30N2O7. The van der Waals surface area contributed by atoms with Gasteiger partial charge < -0.3 is 19.2 Å². The van der Waals surface area contributed by atoms with Gasteiger partial charge in [0.25, 0.3) is 0 Å². The summed E-state index contributed by atoms with van der Waals surface area (Å²) in [7, 11) is 1.26. The van der Waals surface area contributed by atoms with Crippen molar-refractivity contribution >= 4 is 23.8 Å². The maximum atomic E-state index is 12.8. The molecule has 0 spiro atoms. The molecule has 1 fully saturated rings. The number of aromatic amines is 1. The molecule has 1 saturated heterocycles. The monoisotopic (exact) mass is 422 g/mol. The van der Waals surface area contributed by atoms with E-state index in [1.54, 1.807) is 34.6 Å². The molecule has 1 aromatic rings. The second-order valence-corrected chi connectivity index (χ2v) is 8.39. The smallest absolute Gasteiger partial charge is 0.411 e. The van der Waals surface area contributed by atoms with Crippen LogP contribution in [0.25, 0.3) is 0 Å². The van der Waals surface area contributed by atoms with E-state index in [-0.39, 0.29) is 11.3 Å². The van der Waals surface area contributed by atoms with Crippen LogP contribution in [0, 0.1) is 13.8 Å². The van der Waals surface area contributed by atoms with Crippen molar-refractivity contribution in [2.45, 2.75) is 72.1 Å². The summed E-state index contributed by atoms with van der Waals surface area (Å²) in [5, 5.41) is 0. The van der Waals surface area contributed by atoms with Crippen LogP contribution in [0.5, 0.6) is 0 Å². The van der Waals surface area contributed by atoms with Crippen molar-refractivity contribution in [2.75, 3.05) is 13.7 Å². The number of nitrogens with one attached hydrogen (secondary N) is 1. The Morgan fingerprint density at radius 2 is 1.80 bits per heavy atom. The van der Waals surface area contributed by atoms with E-state index in [2.05, 4.69) is 4.98 Å². The molecule has 166 valence electrons. The number of amides is 1. The van der Waals surface area contributed by atoms with Crippen LogP contribution in [-0.2, 0) is 19.0 Å². The van der Waals surface area contributed by atoms with Crippen molar-refractivity contribution < 1.29 is 33.4 Å². The van der Waals surface area contributed by atoms with Gasteiger partial charge in [0.05, 0.1) is 18.4 Å². The van der Waals surface area contributed by atoms with Crippen LogP contribution in [0.15, 0.2) is 0 Å². The number of rotatable bonds is 5. The number of ether oxygens (including phenoxy) is 3. The van der Waals surface area contributed by atoms with Gasteiger partial charge in [-0.05, 0) is 59.9 Å². The second kappa shape index (κ2) is 8.89. The number of nitrogens with zero attached hydrogens (tertiary/aromatic N) is 1. The molecule has 9 nitrogen and oxygen atoms in total. The third-order valence-corrected chi connectivity index (χ3v) is 4.89. The highest BCUT2D eigenvalue weighted by atomic mass is 16.6. The average Bonchev–Trinajstić information content (AvgIpc) is 3.24. The maximum Gasteiger partial charge on any atom is 0.411 e. The number of methoxy groups -OCH3 is 1. The number of Topliss-reactive ketones (excluding diaryl/α,β-unsaturated/α-hetero) is 1. The molecule has 1 aliphatic rings. The van der Waals surface area contributed by atoms with E-state index >= 15 is 0 Å². The largest absolute Gasteiger partial charge is 0.465 e. The van der Waals surface area contributed by atoms with E-state index in [1.807, 2.05) is 0 Å². The fourth-order valence-electron chi connectivity index (χ4n) is 3.47. The van der Waals surface area contributed by atoms with E-state index in [0.717, 1.165) is 0 Å². The lowest BCUT2D eigenvalue weighted by Crippen LogP contribution is -2.45. The Kier molecular flexibility index (Phi) is 6.95. The number of hydrogen-bond acceptors (Lipinski definition) is 7. The normalized spacial score (nSPS) is 17.4. The van der Waals surface area contributed by atoms with Gasteiger partial charge >= 0.3 is 18.0 Å². The Morgan fingerprint density at radius 3 is 2.37 bits per heavy atom. The number of H-pyrrole nitrogens is 1. The van der Waals surface area contributed by atoms with Crippen LogP contribution in [0.3, 0.4) is 0 Å². The van der Waals surface area contributed by atoms with Crippen molar-refractivity contribution in [1.82, 2.24) is 9.88 Å². The number of carbonyl (C=O) groups is 4. The van der Waals surface area contributed by atoms with E-state index in [4.69, 9.17) is 14.2 Å². The zero-order valence-corrected chi connectivity index (χ0v) is 18.6. The average molecular weight is 422 g/mol. The highest BCUT2D eigenvalue weighted by molar-refractivity contribution is 6.04. The van der Waals surface area contributed by atoms with E-state index in [9.17, 15) is 19.2 Å². The molecule has 30 heavy (non-hydrogen) atoms. The van der Waals surface area contributed by atoms with Crippen LogP contribution in [-0.4, -0.2) is 65.1 Å². The van der Waals surface area contributed by atoms with Crippen LogP contribution >= 0.6 is 0 Å². The molecule has 9 heteroatoms. The summed E-state index contributed by atoms with van der Waals surface area (Å²) in [6, 6.07) is -0.799. The minimum atomic E-state index is -1.10. The third-order valence-electron chi connectivity index (χ3n) is 4.89. The highest BCUT2D eigenvalue weighted by Gasteiger charge is 2.39. The number of carbonyl (C=O) groups excluding carboxylic acids is 4. The zero-order chi connectivity index (χ0) is 22.8. The molecule has 1 aliphatic heterocycles. The summed E-state index contributed by atoms with van der Waals surface area (Å²) < 4.78 is 15.5. The summed E-state index contributed by atoms with van der Waals surface area (Å²) in [4.78, 5) is 54.0. The topological polar surface area (TPSA) is 115 Å². The molecule has 0 aliphatic carbocycles. The Morgan fingerprint density at radius 1 is 1.17 bits per heavy atom. The van der Waals surface area contributed by atoms with Crippen molar-refractivity contribution in [3.05, 3.63) is 22.5 Å². The van der Waals surface area contributed by atoms with Crippen LogP contribution in [0.4, 0.5) is 4.79 Å². The molecule has 2 unspecified atom stereocenters.